The maximum Gasteiger partial charge on any atom is 0.243 e. The van der Waals surface area contributed by atoms with Crippen molar-refractivity contribution in [1.82, 2.24) is 5.32 Å². The van der Waals surface area contributed by atoms with Crippen molar-refractivity contribution >= 4 is 33.2 Å². The molecule has 28 heavy (non-hydrogen) atoms. The Balaban J connectivity index is 2.03. The molecule has 152 valence electrons. The first-order chi connectivity index (χ1) is 13.1. The highest BCUT2D eigenvalue weighted by molar-refractivity contribution is 7.92. The van der Waals surface area contributed by atoms with Gasteiger partial charge in [0.2, 0.25) is 15.9 Å². The number of carbonyl (C=O) groups is 1. The zero-order valence-electron chi connectivity index (χ0n) is 16.7. The third-order valence-corrected chi connectivity index (χ3v) is 6.32. The van der Waals surface area contributed by atoms with Gasteiger partial charge in [0, 0.05) is 11.6 Å². The van der Waals surface area contributed by atoms with Crippen LogP contribution in [0.25, 0.3) is 0 Å². The summed E-state index contributed by atoms with van der Waals surface area (Å²) in [6.45, 7) is 5.91. The van der Waals surface area contributed by atoms with E-state index in [1.807, 2.05) is 44.2 Å². The fraction of sp³-hybridized carbons (Fsp3) is 0.381. The maximum atomic E-state index is 12.6. The first-order valence-corrected chi connectivity index (χ1v) is 11.4. The summed E-state index contributed by atoms with van der Waals surface area (Å²) in [5, 5.41) is 3.54. The van der Waals surface area contributed by atoms with Crippen LogP contribution in [0.4, 0.5) is 5.69 Å². The molecule has 2 rings (SSSR count). The van der Waals surface area contributed by atoms with Crippen LogP contribution in [0.2, 0.25) is 5.02 Å². The molecule has 1 unspecified atom stereocenters. The summed E-state index contributed by atoms with van der Waals surface area (Å²) in [4.78, 5) is 12.6. The third-order valence-electron chi connectivity index (χ3n) is 4.71. The molecule has 0 spiro atoms. The lowest BCUT2D eigenvalue weighted by atomic mass is 10.1. The number of benzene rings is 2. The Morgan fingerprint density at radius 1 is 1.14 bits per heavy atom. The van der Waals surface area contributed by atoms with Crippen LogP contribution in [0, 0.1) is 13.8 Å². The number of nitrogens with one attached hydrogen (secondary N) is 1. The first kappa shape index (κ1) is 22.2. The van der Waals surface area contributed by atoms with E-state index in [2.05, 4.69) is 5.32 Å². The number of carbonyl (C=O) groups excluding carboxylic acids is 1. The molecule has 2 aromatic rings. The van der Waals surface area contributed by atoms with Crippen LogP contribution in [0.3, 0.4) is 0 Å². The van der Waals surface area contributed by atoms with Crippen LogP contribution >= 0.6 is 11.6 Å². The minimum atomic E-state index is -3.62. The van der Waals surface area contributed by atoms with Crippen molar-refractivity contribution < 1.29 is 13.2 Å². The van der Waals surface area contributed by atoms with E-state index in [9.17, 15) is 13.2 Å². The second-order valence-corrected chi connectivity index (χ2v) is 9.26. The van der Waals surface area contributed by atoms with Crippen molar-refractivity contribution in [2.24, 2.45) is 0 Å². The molecule has 0 radical (unpaired) electrons. The average Bonchev–Trinajstić information content (AvgIpc) is 2.62. The standard InChI is InChI=1S/C21H27ClN2O3S/c1-15-11-12-19(14-16(15)2)24(28(4,26)27)17(3)21(25)23-13-7-9-18-8-5-6-10-20(18)22/h5-6,8,10-12,14,17H,7,9,13H2,1-4H3,(H,23,25). The van der Waals surface area contributed by atoms with Crippen molar-refractivity contribution in [2.45, 2.75) is 39.7 Å². The molecule has 0 aliphatic rings. The van der Waals surface area contributed by atoms with Gasteiger partial charge >= 0.3 is 0 Å². The van der Waals surface area contributed by atoms with Gasteiger partial charge in [-0.05, 0) is 68.5 Å². The van der Waals surface area contributed by atoms with Gasteiger partial charge in [0.05, 0.1) is 11.9 Å². The number of anilines is 1. The molecule has 1 N–H and O–H groups in total. The van der Waals surface area contributed by atoms with Crippen LogP contribution in [0.5, 0.6) is 0 Å². The Labute approximate surface area is 172 Å². The summed E-state index contributed by atoms with van der Waals surface area (Å²) in [7, 11) is -3.62. The lowest BCUT2D eigenvalue weighted by molar-refractivity contribution is -0.121. The van der Waals surface area contributed by atoms with Crippen molar-refractivity contribution in [3.8, 4) is 0 Å². The zero-order chi connectivity index (χ0) is 20.9. The molecule has 0 saturated heterocycles. The van der Waals surface area contributed by atoms with Crippen LogP contribution in [-0.4, -0.2) is 33.2 Å². The number of hydrogen-bond donors (Lipinski definition) is 1. The monoisotopic (exact) mass is 422 g/mol. The summed E-state index contributed by atoms with van der Waals surface area (Å²) in [6, 6.07) is 12.1. The van der Waals surface area contributed by atoms with E-state index in [0.717, 1.165) is 29.4 Å². The van der Waals surface area contributed by atoms with Gasteiger partial charge in [-0.2, -0.15) is 0 Å². The number of amides is 1. The predicted molar refractivity (Wildman–Crippen MR) is 115 cm³/mol. The smallest absolute Gasteiger partial charge is 0.243 e. The molecular formula is C21H27ClN2O3S. The van der Waals surface area contributed by atoms with E-state index in [0.29, 0.717) is 23.7 Å². The Kier molecular flexibility index (Phi) is 7.49. The van der Waals surface area contributed by atoms with Gasteiger partial charge in [0.25, 0.3) is 0 Å². The predicted octanol–water partition coefficient (Wildman–Crippen LogP) is 3.86. The quantitative estimate of drug-likeness (QED) is 0.657. The number of hydrogen-bond acceptors (Lipinski definition) is 3. The highest BCUT2D eigenvalue weighted by atomic mass is 35.5. The molecule has 2 aromatic carbocycles. The number of halogens is 1. The van der Waals surface area contributed by atoms with Gasteiger partial charge in [-0.1, -0.05) is 35.9 Å². The summed E-state index contributed by atoms with van der Waals surface area (Å²) < 4.78 is 25.9. The summed E-state index contributed by atoms with van der Waals surface area (Å²) in [5.41, 5.74) is 3.55. The minimum Gasteiger partial charge on any atom is -0.354 e. The van der Waals surface area contributed by atoms with Crippen molar-refractivity contribution in [3.63, 3.8) is 0 Å². The van der Waals surface area contributed by atoms with E-state index < -0.39 is 16.1 Å². The molecule has 1 atom stereocenters. The Morgan fingerprint density at radius 2 is 1.82 bits per heavy atom. The molecule has 0 aliphatic heterocycles. The molecule has 0 aliphatic carbocycles. The van der Waals surface area contributed by atoms with E-state index in [1.54, 1.807) is 19.1 Å². The summed E-state index contributed by atoms with van der Waals surface area (Å²) in [6.07, 6.45) is 2.56. The Hall–Kier alpha value is -2.05. The number of aryl methyl sites for hydroxylation is 3. The molecule has 0 saturated carbocycles. The van der Waals surface area contributed by atoms with E-state index in [1.165, 1.54) is 4.31 Å². The fourth-order valence-corrected chi connectivity index (χ4v) is 4.41. The molecule has 0 heterocycles. The highest BCUT2D eigenvalue weighted by Gasteiger charge is 2.29. The number of rotatable bonds is 8. The summed E-state index contributed by atoms with van der Waals surface area (Å²) in [5.74, 6) is -0.331. The van der Waals surface area contributed by atoms with Crippen LogP contribution in [0.1, 0.15) is 30.0 Å². The van der Waals surface area contributed by atoms with Crippen molar-refractivity contribution in [1.29, 1.82) is 0 Å². The minimum absolute atomic E-state index is 0.331. The van der Waals surface area contributed by atoms with Crippen molar-refractivity contribution in [2.75, 3.05) is 17.1 Å². The molecular weight excluding hydrogens is 396 g/mol. The van der Waals surface area contributed by atoms with Crippen LogP contribution in [0.15, 0.2) is 42.5 Å². The van der Waals surface area contributed by atoms with E-state index in [4.69, 9.17) is 11.6 Å². The summed E-state index contributed by atoms with van der Waals surface area (Å²) >= 11 is 6.14. The maximum absolute atomic E-state index is 12.6. The number of sulfonamides is 1. The molecule has 5 nitrogen and oxygen atoms in total. The molecule has 0 bridgehead atoms. The Morgan fingerprint density at radius 3 is 2.43 bits per heavy atom. The zero-order valence-corrected chi connectivity index (χ0v) is 18.3. The molecule has 0 aromatic heterocycles. The second kappa shape index (κ2) is 9.43. The van der Waals surface area contributed by atoms with Gasteiger partial charge in [-0.3, -0.25) is 9.10 Å². The van der Waals surface area contributed by atoms with Gasteiger partial charge < -0.3 is 5.32 Å². The average molecular weight is 423 g/mol. The van der Waals surface area contributed by atoms with Gasteiger partial charge in [0.15, 0.2) is 0 Å². The largest absolute Gasteiger partial charge is 0.354 e. The normalized spacial score (nSPS) is 12.5. The van der Waals surface area contributed by atoms with E-state index in [-0.39, 0.29) is 5.91 Å². The first-order valence-electron chi connectivity index (χ1n) is 9.19. The Bertz CT molecular complexity index is 944. The lowest BCUT2D eigenvalue weighted by Gasteiger charge is -2.28. The highest BCUT2D eigenvalue weighted by Crippen LogP contribution is 2.23. The van der Waals surface area contributed by atoms with Gasteiger partial charge in [-0.15, -0.1) is 0 Å². The van der Waals surface area contributed by atoms with Gasteiger partial charge in [-0.25, -0.2) is 8.42 Å². The molecule has 1 amide bonds. The SMILES string of the molecule is Cc1ccc(N(C(C)C(=O)NCCCc2ccccc2Cl)S(C)(=O)=O)cc1C. The van der Waals surface area contributed by atoms with E-state index >= 15 is 0 Å². The third kappa shape index (κ3) is 5.72. The van der Waals surface area contributed by atoms with Crippen LogP contribution < -0.4 is 9.62 Å². The second-order valence-electron chi connectivity index (χ2n) is 6.99. The van der Waals surface area contributed by atoms with Crippen LogP contribution in [-0.2, 0) is 21.2 Å². The number of nitrogens with zero attached hydrogens (tertiary/aromatic N) is 1. The fourth-order valence-electron chi connectivity index (χ4n) is 3.01. The molecule has 0 fully saturated rings. The lowest BCUT2D eigenvalue weighted by Crippen LogP contribution is -2.48. The molecule has 7 heteroatoms. The topological polar surface area (TPSA) is 66.5 Å². The van der Waals surface area contributed by atoms with Gasteiger partial charge in [0.1, 0.15) is 6.04 Å². The van der Waals surface area contributed by atoms with Crippen molar-refractivity contribution in [3.05, 3.63) is 64.2 Å².